The van der Waals surface area contributed by atoms with Crippen molar-refractivity contribution >= 4 is 34.1 Å². The molecule has 0 spiro atoms. The van der Waals surface area contributed by atoms with E-state index in [1.165, 1.54) is 18.2 Å². The summed E-state index contributed by atoms with van der Waals surface area (Å²) in [6.45, 7) is 14.3. The van der Waals surface area contributed by atoms with Crippen LogP contribution in [0.2, 0.25) is 0 Å². The molecule has 288 valence electrons. The molecule has 0 aliphatic heterocycles. The topological polar surface area (TPSA) is 213 Å². The average Bonchev–Trinajstić information content (AvgIpc) is 3.26. The zero-order chi connectivity index (χ0) is 39.4. The normalized spacial score (nSPS) is 12.5. The number of aryl methyl sites for hydroxylation is 1. The molecule has 2 rings (SSSR count). The molecule has 1 heterocycles. The first-order chi connectivity index (χ1) is 23.3. The summed E-state index contributed by atoms with van der Waals surface area (Å²) in [5, 5.41) is 5.34. The third kappa shape index (κ3) is 16.0. The van der Waals surface area contributed by atoms with E-state index in [0.717, 1.165) is 6.07 Å². The van der Waals surface area contributed by atoms with Crippen molar-refractivity contribution in [1.29, 1.82) is 0 Å². The Balaban J connectivity index is 0.00000144. The monoisotopic (exact) mass is 757 g/mol. The number of nitrogens with two attached hydrogens (primary N) is 1. The summed E-state index contributed by atoms with van der Waals surface area (Å²) in [6.07, 6.45) is 1.09. The van der Waals surface area contributed by atoms with Gasteiger partial charge in [-0.2, -0.15) is 28.0 Å². The Kier molecular flexibility index (Phi) is 16.3. The summed E-state index contributed by atoms with van der Waals surface area (Å²) in [5.74, 6) is 4.24. The minimum atomic E-state index is -6.09. The SMILES string of the molecule is C=CCOC(=O)Nc1c(-c2ccc(OCC(ON)C(=O)OC(C)(C)C)cc2F)cn(CCCNC(=O)OC(C)(C)C)[n+]1C.O=S(=O)([O-])C(F)(F)F. The van der Waals surface area contributed by atoms with Gasteiger partial charge in [0.25, 0.3) is 0 Å². The van der Waals surface area contributed by atoms with Gasteiger partial charge in [0, 0.05) is 18.2 Å². The molecule has 2 amide bonds. The van der Waals surface area contributed by atoms with Crippen molar-refractivity contribution in [3.05, 3.63) is 42.9 Å². The number of benzene rings is 1. The highest BCUT2D eigenvalue weighted by atomic mass is 32.2. The molecular formula is C30H43F4N5O11S. The quantitative estimate of drug-likeness (QED) is 0.0306. The number of carbonyl (C=O) groups is 3. The van der Waals surface area contributed by atoms with Crippen molar-refractivity contribution < 1.29 is 73.4 Å². The van der Waals surface area contributed by atoms with Gasteiger partial charge in [0.1, 0.15) is 43.0 Å². The number of nitrogens with zero attached hydrogens (tertiary/aromatic N) is 2. The van der Waals surface area contributed by atoms with Gasteiger partial charge >= 0.3 is 29.5 Å². The van der Waals surface area contributed by atoms with Gasteiger partial charge in [-0.05, 0) is 60.1 Å². The lowest BCUT2D eigenvalue weighted by molar-refractivity contribution is -0.740. The van der Waals surface area contributed by atoms with Gasteiger partial charge in [-0.15, -0.1) is 0 Å². The minimum Gasteiger partial charge on any atom is -0.741 e. The number of esters is 1. The van der Waals surface area contributed by atoms with Crippen LogP contribution < -0.4 is 25.9 Å². The summed E-state index contributed by atoms with van der Waals surface area (Å²) in [7, 11) is -4.40. The summed E-state index contributed by atoms with van der Waals surface area (Å²) < 4.78 is 98.8. The number of anilines is 1. The lowest BCUT2D eigenvalue weighted by atomic mass is 10.1. The second kappa shape index (κ2) is 18.7. The van der Waals surface area contributed by atoms with Crippen molar-refractivity contribution in [1.82, 2.24) is 10.00 Å². The summed E-state index contributed by atoms with van der Waals surface area (Å²) >= 11 is 0. The number of amides is 2. The van der Waals surface area contributed by atoms with Gasteiger partial charge in [-0.25, -0.2) is 33.0 Å². The van der Waals surface area contributed by atoms with Crippen LogP contribution >= 0.6 is 0 Å². The number of alkyl carbamates (subject to hydrolysis) is 1. The van der Waals surface area contributed by atoms with Crippen LogP contribution in [0.4, 0.5) is 33.0 Å². The van der Waals surface area contributed by atoms with Crippen LogP contribution in [0.5, 0.6) is 5.75 Å². The molecule has 0 saturated carbocycles. The molecule has 4 N–H and O–H groups in total. The van der Waals surface area contributed by atoms with Gasteiger partial charge in [-0.1, -0.05) is 12.7 Å². The number of alkyl halides is 3. The molecule has 1 atom stereocenters. The van der Waals surface area contributed by atoms with Crippen molar-refractivity contribution in [2.45, 2.75) is 77.3 Å². The molecule has 51 heavy (non-hydrogen) atoms. The number of rotatable bonds is 13. The molecule has 0 radical (unpaired) electrons. The second-order valence-corrected chi connectivity index (χ2v) is 13.8. The largest absolute Gasteiger partial charge is 0.741 e. The summed E-state index contributed by atoms with van der Waals surface area (Å²) in [5.41, 5.74) is -6.50. The predicted octanol–water partition coefficient (Wildman–Crippen LogP) is 3.80. The van der Waals surface area contributed by atoms with E-state index in [1.807, 2.05) is 0 Å². The standard InChI is InChI=1S/C29H42FN5O8.CHF3O3S/c1-9-15-39-27(38)33-24-21(17-35(34(24)8)14-10-13-32-26(37)42-29(5,6)7)20-12-11-19(16-22(20)30)40-18-23(43-31)25(36)41-28(2,3)4;2-1(3,4)8(5,6)7/h9,11-12,16-17,23H,1,10,13-15,18,31H2,2-8H3,(H,32,37);(H,5,6,7). The Hall–Kier alpha value is -4.47. The van der Waals surface area contributed by atoms with Crippen LogP contribution in [0.25, 0.3) is 11.1 Å². The first-order valence-corrected chi connectivity index (χ1v) is 16.3. The second-order valence-electron chi connectivity index (χ2n) is 12.4. The maximum absolute atomic E-state index is 15.5. The van der Waals surface area contributed by atoms with E-state index in [4.69, 9.17) is 37.8 Å². The van der Waals surface area contributed by atoms with Crippen LogP contribution in [0.1, 0.15) is 48.0 Å². The third-order valence-electron chi connectivity index (χ3n) is 5.78. The Labute approximate surface area is 292 Å². The summed E-state index contributed by atoms with van der Waals surface area (Å²) in [4.78, 5) is 41.3. The van der Waals surface area contributed by atoms with E-state index in [-0.39, 0.29) is 30.3 Å². The highest BCUT2D eigenvalue weighted by Crippen LogP contribution is 2.31. The molecule has 0 aliphatic rings. The lowest BCUT2D eigenvalue weighted by Gasteiger charge is -2.23. The van der Waals surface area contributed by atoms with Crippen LogP contribution in [0.15, 0.2) is 37.1 Å². The van der Waals surface area contributed by atoms with Gasteiger partial charge in [0.15, 0.2) is 10.1 Å². The molecule has 2 aromatic rings. The lowest BCUT2D eigenvalue weighted by Crippen LogP contribution is -2.42. The minimum absolute atomic E-state index is 0.0148. The maximum Gasteiger partial charge on any atom is 0.505 e. The van der Waals surface area contributed by atoms with Crippen LogP contribution in [-0.2, 0) is 47.6 Å². The van der Waals surface area contributed by atoms with E-state index >= 15 is 4.39 Å². The molecule has 0 fully saturated rings. The number of ether oxygens (including phenoxy) is 4. The van der Waals surface area contributed by atoms with E-state index in [1.54, 1.807) is 64.2 Å². The van der Waals surface area contributed by atoms with E-state index in [9.17, 15) is 27.6 Å². The van der Waals surface area contributed by atoms with Crippen molar-refractivity contribution in [3.8, 4) is 16.9 Å². The molecule has 1 unspecified atom stereocenters. The third-order valence-corrected chi connectivity index (χ3v) is 6.34. The zero-order valence-corrected chi connectivity index (χ0v) is 29.9. The van der Waals surface area contributed by atoms with Crippen LogP contribution in [-0.4, -0.2) is 78.4 Å². The smallest absolute Gasteiger partial charge is 0.505 e. The molecule has 21 heteroatoms. The van der Waals surface area contributed by atoms with Gasteiger partial charge in [-0.3, -0.25) is 4.84 Å². The van der Waals surface area contributed by atoms with E-state index < -0.39 is 56.9 Å². The van der Waals surface area contributed by atoms with Gasteiger partial charge in [0.2, 0.25) is 6.10 Å². The van der Waals surface area contributed by atoms with E-state index in [0.29, 0.717) is 25.1 Å². The Bertz CT molecular complexity index is 1620. The molecular weight excluding hydrogens is 714 g/mol. The molecule has 1 aromatic heterocycles. The predicted molar refractivity (Wildman–Crippen MR) is 171 cm³/mol. The maximum atomic E-state index is 15.5. The number of hydrogen-bond donors (Lipinski definition) is 3. The Morgan fingerprint density at radius 1 is 1.06 bits per heavy atom. The number of aromatic nitrogens is 2. The number of hydrogen-bond acceptors (Lipinski definition) is 12. The van der Waals surface area contributed by atoms with Crippen molar-refractivity contribution in [3.63, 3.8) is 0 Å². The Morgan fingerprint density at radius 3 is 2.14 bits per heavy atom. The first kappa shape index (κ1) is 44.6. The first-order valence-electron chi connectivity index (χ1n) is 14.9. The van der Waals surface area contributed by atoms with E-state index in [2.05, 4.69) is 22.1 Å². The van der Waals surface area contributed by atoms with Crippen LogP contribution in [0.3, 0.4) is 0 Å². The molecule has 0 saturated heterocycles. The van der Waals surface area contributed by atoms with Crippen molar-refractivity contribution in [2.24, 2.45) is 12.9 Å². The molecule has 0 aliphatic carbocycles. The fourth-order valence-electron chi connectivity index (χ4n) is 3.68. The number of halogens is 4. The fourth-order valence-corrected chi connectivity index (χ4v) is 3.68. The van der Waals surface area contributed by atoms with Gasteiger partial charge < -0.3 is 28.8 Å². The number of nitrogens with one attached hydrogen (secondary N) is 2. The van der Waals surface area contributed by atoms with Crippen LogP contribution in [0, 0.1) is 5.82 Å². The number of carbonyl (C=O) groups excluding carboxylic acids is 3. The average molecular weight is 758 g/mol. The Morgan fingerprint density at radius 2 is 1.65 bits per heavy atom. The summed E-state index contributed by atoms with van der Waals surface area (Å²) in [6, 6.07) is 4.11. The van der Waals surface area contributed by atoms with Crippen molar-refractivity contribution in [2.75, 3.05) is 25.1 Å². The molecule has 0 bridgehead atoms. The highest BCUT2D eigenvalue weighted by molar-refractivity contribution is 7.86. The zero-order valence-electron chi connectivity index (χ0n) is 29.1. The fraction of sp³-hybridized carbons (Fsp3) is 0.533. The highest BCUT2D eigenvalue weighted by Gasteiger charge is 2.37. The molecule has 16 nitrogen and oxygen atoms in total. The van der Waals surface area contributed by atoms with Gasteiger partial charge in [0.05, 0.1) is 18.3 Å². The molecule has 1 aromatic carbocycles.